The SMILES string of the molecule is CN(C)C(=O)C12CN(CCCc3ccccc3)CC1CC1C3CC(F)C4=CC(=O)C=CC4(C)C3(F)C(O)CC12C. The Kier molecular flexibility index (Phi) is 6.47. The van der Waals surface area contributed by atoms with Crippen LogP contribution in [-0.2, 0) is 16.0 Å². The quantitative estimate of drug-likeness (QED) is 0.582. The Hall–Kier alpha value is -2.38. The van der Waals surface area contributed by atoms with E-state index in [2.05, 4.69) is 24.0 Å². The minimum absolute atomic E-state index is 0.00922. The van der Waals surface area contributed by atoms with Crippen LogP contribution < -0.4 is 0 Å². The molecule has 1 saturated heterocycles. The average molecular weight is 553 g/mol. The number of aliphatic hydroxyl groups excluding tert-OH is 1. The van der Waals surface area contributed by atoms with Crippen molar-refractivity contribution >= 4 is 11.7 Å². The van der Waals surface area contributed by atoms with Crippen molar-refractivity contribution in [3.05, 3.63) is 59.7 Å². The summed E-state index contributed by atoms with van der Waals surface area (Å²) >= 11 is 0. The predicted molar refractivity (Wildman–Crippen MR) is 150 cm³/mol. The fourth-order valence-corrected chi connectivity index (χ4v) is 9.95. The molecule has 9 unspecified atom stereocenters. The topological polar surface area (TPSA) is 60.9 Å². The fraction of sp³-hybridized carbons (Fsp3) is 0.636. The summed E-state index contributed by atoms with van der Waals surface area (Å²) in [7, 11) is 3.56. The van der Waals surface area contributed by atoms with Gasteiger partial charge in [-0.2, -0.15) is 0 Å². The van der Waals surface area contributed by atoms with Crippen LogP contribution in [0, 0.1) is 34.0 Å². The van der Waals surface area contributed by atoms with Gasteiger partial charge in [-0.1, -0.05) is 43.3 Å². The molecule has 1 aliphatic heterocycles. The van der Waals surface area contributed by atoms with E-state index < -0.39 is 40.1 Å². The number of amides is 1. The first-order valence-electron chi connectivity index (χ1n) is 14.8. The molecule has 5 aliphatic rings. The van der Waals surface area contributed by atoms with Gasteiger partial charge >= 0.3 is 0 Å². The zero-order valence-corrected chi connectivity index (χ0v) is 24.1. The number of nitrogens with zero attached hydrogens (tertiary/aromatic N) is 2. The molecule has 4 fully saturated rings. The Morgan fingerprint density at radius 1 is 1.15 bits per heavy atom. The van der Waals surface area contributed by atoms with Gasteiger partial charge in [0.15, 0.2) is 11.5 Å². The number of aliphatic hydroxyl groups is 1. The van der Waals surface area contributed by atoms with E-state index in [0.717, 1.165) is 25.9 Å². The third-order valence-corrected chi connectivity index (χ3v) is 11.8. The molecule has 1 N–H and O–H groups in total. The van der Waals surface area contributed by atoms with E-state index in [9.17, 15) is 14.7 Å². The lowest BCUT2D eigenvalue weighted by atomic mass is 9.43. The number of hydrogen-bond acceptors (Lipinski definition) is 4. The Balaban J connectivity index is 1.33. The van der Waals surface area contributed by atoms with Gasteiger partial charge in [0.2, 0.25) is 5.91 Å². The second-order valence-corrected chi connectivity index (χ2v) is 13.8. The van der Waals surface area contributed by atoms with Crippen molar-refractivity contribution in [2.75, 3.05) is 33.7 Å². The molecular weight excluding hydrogens is 510 g/mol. The maximum absolute atomic E-state index is 17.6. The largest absolute Gasteiger partial charge is 0.390 e. The van der Waals surface area contributed by atoms with Crippen molar-refractivity contribution in [2.24, 2.45) is 34.0 Å². The molecule has 1 aromatic carbocycles. The number of carbonyl (C=O) groups is 2. The van der Waals surface area contributed by atoms with Crippen LogP contribution >= 0.6 is 0 Å². The molecule has 216 valence electrons. The number of hydrogen-bond donors (Lipinski definition) is 1. The number of carbonyl (C=O) groups excluding carboxylic acids is 2. The highest BCUT2D eigenvalue weighted by Crippen LogP contribution is 2.74. The van der Waals surface area contributed by atoms with Crippen LogP contribution in [0.25, 0.3) is 0 Å². The second kappa shape index (κ2) is 9.32. The first-order chi connectivity index (χ1) is 18.9. The summed E-state index contributed by atoms with van der Waals surface area (Å²) in [6.07, 6.45) is 3.83. The fourth-order valence-electron chi connectivity index (χ4n) is 9.95. The highest BCUT2D eigenvalue weighted by atomic mass is 19.1. The molecule has 4 aliphatic carbocycles. The molecule has 3 saturated carbocycles. The van der Waals surface area contributed by atoms with E-state index in [1.54, 1.807) is 25.9 Å². The zero-order valence-electron chi connectivity index (χ0n) is 24.1. The molecule has 0 spiro atoms. The van der Waals surface area contributed by atoms with E-state index in [1.165, 1.54) is 23.8 Å². The lowest BCUT2D eigenvalue weighted by Gasteiger charge is -2.63. The second-order valence-electron chi connectivity index (χ2n) is 13.8. The number of likely N-dealkylation sites (tertiary alicyclic amines) is 1. The van der Waals surface area contributed by atoms with Crippen molar-refractivity contribution < 1.29 is 23.5 Å². The van der Waals surface area contributed by atoms with Gasteiger partial charge in [0, 0.05) is 38.5 Å². The van der Waals surface area contributed by atoms with Crippen molar-refractivity contribution in [3.8, 4) is 0 Å². The molecule has 9 atom stereocenters. The summed E-state index contributed by atoms with van der Waals surface area (Å²) in [5, 5.41) is 11.7. The summed E-state index contributed by atoms with van der Waals surface area (Å²) in [6, 6.07) is 10.4. The molecular formula is C33H42F2N2O3. The van der Waals surface area contributed by atoms with Gasteiger partial charge in [0.1, 0.15) is 6.17 Å². The number of aryl methyl sites for hydroxylation is 1. The third kappa shape index (κ3) is 3.55. The van der Waals surface area contributed by atoms with Crippen LogP contribution in [0.5, 0.6) is 0 Å². The number of ketones is 1. The lowest BCUT2D eigenvalue weighted by Crippen LogP contribution is -2.70. The molecule has 0 radical (unpaired) electrons. The summed E-state index contributed by atoms with van der Waals surface area (Å²) in [5.41, 5.74) is -3.52. The Bertz CT molecular complexity index is 1270. The maximum Gasteiger partial charge on any atom is 0.230 e. The normalized spacial score (nSPS) is 43.9. The van der Waals surface area contributed by atoms with Crippen LogP contribution in [0.1, 0.15) is 45.1 Å². The number of halogens is 2. The molecule has 40 heavy (non-hydrogen) atoms. The first-order valence-corrected chi connectivity index (χ1v) is 14.8. The summed E-state index contributed by atoms with van der Waals surface area (Å²) in [6.45, 7) is 5.89. The maximum atomic E-state index is 17.6. The minimum Gasteiger partial charge on any atom is -0.390 e. The van der Waals surface area contributed by atoms with Gasteiger partial charge in [0.05, 0.1) is 11.5 Å². The molecule has 0 bridgehead atoms. The summed E-state index contributed by atoms with van der Waals surface area (Å²) < 4.78 is 33.4. The third-order valence-electron chi connectivity index (χ3n) is 11.8. The average Bonchev–Trinajstić information content (AvgIpc) is 3.39. The van der Waals surface area contributed by atoms with Gasteiger partial charge < -0.3 is 14.9 Å². The number of rotatable bonds is 5. The van der Waals surface area contributed by atoms with Gasteiger partial charge in [-0.15, -0.1) is 0 Å². The van der Waals surface area contributed by atoms with Gasteiger partial charge in [-0.3, -0.25) is 9.59 Å². The Morgan fingerprint density at radius 3 is 2.58 bits per heavy atom. The zero-order chi connectivity index (χ0) is 28.7. The number of fused-ring (bicyclic) bond motifs is 7. The molecule has 5 nitrogen and oxygen atoms in total. The monoisotopic (exact) mass is 552 g/mol. The van der Waals surface area contributed by atoms with Crippen molar-refractivity contribution in [2.45, 2.75) is 63.9 Å². The van der Waals surface area contributed by atoms with Crippen LogP contribution in [0.15, 0.2) is 54.1 Å². The van der Waals surface area contributed by atoms with Crippen LogP contribution in [0.2, 0.25) is 0 Å². The van der Waals surface area contributed by atoms with E-state index in [0.29, 0.717) is 13.0 Å². The summed E-state index contributed by atoms with van der Waals surface area (Å²) in [5.74, 6) is -1.29. The molecule has 0 aromatic heterocycles. The van der Waals surface area contributed by atoms with Crippen LogP contribution in [0.3, 0.4) is 0 Å². The van der Waals surface area contributed by atoms with E-state index >= 15 is 8.78 Å². The molecule has 1 aromatic rings. The Labute approximate surface area is 236 Å². The van der Waals surface area contributed by atoms with Crippen molar-refractivity contribution in [3.63, 3.8) is 0 Å². The predicted octanol–water partition coefficient (Wildman–Crippen LogP) is 4.55. The molecule has 6 rings (SSSR count). The van der Waals surface area contributed by atoms with Crippen molar-refractivity contribution in [1.29, 1.82) is 0 Å². The van der Waals surface area contributed by atoms with E-state index in [1.807, 2.05) is 18.2 Å². The number of allylic oxidation sites excluding steroid dienone is 4. The number of benzene rings is 1. The van der Waals surface area contributed by atoms with Gasteiger partial charge in [-0.25, -0.2) is 8.78 Å². The number of alkyl halides is 2. The van der Waals surface area contributed by atoms with E-state index in [-0.39, 0.29) is 41.9 Å². The van der Waals surface area contributed by atoms with Gasteiger partial charge in [-0.05, 0) is 86.1 Å². The van der Waals surface area contributed by atoms with Crippen LogP contribution in [0.4, 0.5) is 8.78 Å². The minimum atomic E-state index is -2.11. The lowest BCUT2D eigenvalue weighted by molar-refractivity contribution is -0.213. The van der Waals surface area contributed by atoms with Crippen LogP contribution in [-0.4, -0.2) is 78.3 Å². The summed E-state index contributed by atoms with van der Waals surface area (Å²) in [4.78, 5) is 30.3. The standard InChI is InChI=1S/C33H42F2N2O3/c1-30-13-12-23(38)16-26(30)27(34)17-25-24-15-22-19-37(14-8-11-21-9-6-5-7-10-21)20-32(22,29(40)36(3)4)31(24,2)18-28(39)33(25,30)35/h5-7,9-10,12-13,16,22,24-25,27-28,39H,8,11,14-15,17-20H2,1-4H3. The molecule has 1 heterocycles. The molecule has 1 amide bonds. The van der Waals surface area contributed by atoms with Gasteiger partial charge in [0.25, 0.3) is 0 Å². The first kappa shape index (κ1) is 27.8. The molecule has 7 heteroatoms. The van der Waals surface area contributed by atoms with Crippen molar-refractivity contribution in [1.82, 2.24) is 9.80 Å². The highest BCUT2D eigenvalue weighted by Gasteiger charge is 2.78. The Morgan fingerprint density at radius 2 is 1.88 bits per heavy atom. The smallest absolute Gasteiger partial charge is 0.230 e. The highest BCUT2D eigenvalue weighted by molar-refractivity contribution is 6.01. The van der Waals surface area contributed by atoms with E-state index in [4.69, 9.17) is 0 Å².